The number of rotatable bonds is 13. The minimum atomic E-state index is -1.64. The molecule has 7 N–H and O–H groups in total. The van der Waals surface area contributed by atoms with E-state index < -0.39 is 72.6 Å². The number of carboxylic acids is 3. The molecule has 14 heteroatoms. The number of hydrogen-bond donors (Lipinski definition) is 6. The quantitative estimate of drug-likeness (QED) is 0.172. The van der Waals surface area contributed by atoms with Gasteiger partial charge in [-0.3, -0.25) is 24.0 Å². The lowest BCUT2D eigenvalue weighted by Crippen LogP contribution is -2.58. The van der Waals surface area contributed by atoms with E-state index in [0.717, 1.165) is 4.90 Å². The largest absolute Gasteiger partial charge is 0.481 e. The molecule has 1 saturated heterocycles. The van der Waals surface area contributed by atoms with Gasteiger partial charge in [-0.05, 0) is 31.3 Å². The monoisotopic (exact) mass is 476 g/mol. The Kier molecular flexibility index (Phi) is 10.9. The molecule has 4 unspecified atom stereocenters. The number of nitrogens with one attached hydrogen (secondary N) is 2. The molecule has 1 aliphatic rings. The zero-order valence-electron chi connectivity index (χ0n) is 17.5. The molecule has 4 atom stereocenters. The zero-order chi connectivity index (χ0) is 24.4. The van der Waals surface area contributed by atoms with E-state index in [2.05, 4.69) is 10.6 Å². The molecular formula is C18H28N4O9S. The van der Waals surface area contributed by atoms with Gasteiger partial charge in [-0.15, -0.1) is 0 Å². The molecule has 1 fully saturated rings. The molecule has 0 bridgehead atoms. The van der Waals surface area contributed by atoms with Crippen molar-refractivity contribution in [1.29, 1.82) is 0 Å². The van der Waals surface area contributed by atoms with Crippen LogP contribution >= 0.6 is 11.8 Å². The summed E-state index contributed by atoms with van der Waals surface area (Å²) in [6.45, 7) is 0.0708. The molecule has 0 aliphatic carbocycles. The lowest BCUT2D eigenvalue weighted by molar-refractivity contribution is -0.151. The molecule has 0 spiro atoms. The number of carboxylic acid groups (broad SMARTS) is 3. The standard InChI is InChI=1S/C18H28N4O9S/c1-32-6-4-9(19)15(27)20-10(7-13(23)24)16(28)21-11(8-14(25)26)17(29)22-5-2-3-12(22)18(30)31/h9-12H,2-8,19H2,1H3,(H,20,27)(H,21,28)(H,23,24)(H,25,26)(H,30,31). The molecule has 0 aromatic carbocycles. The number of nitrogens with two attached hydrogens (primary N) is 1. The summed E-state index contributed by atoms with van der Waals surface area (Å²) in [5, 5.41) is 31.8. The van der Waals surface area contributed by atoms with Crippen molar-refractivity contribution < 1.29 is 44.1 Å². The maximum Gasteiger partial charge on any atom is 0.326 e. The van der Waals surface area contributed by atoms with Gasteiger partial charge in [0.2, 0.25) is 17.7 Å². The highest BCUT2D eigenvalue weighted by atomic mass is 32.2. The zero-order valence-corrected chi connectivity index (χ0v) is 18.3. The molecule has 3 amide bonds. The lowest BCUT2D eigenvalue weighted by Gasteiger charge is -2.28. The summed E-state index contributed by atoms with van der Waals surface area (Å²) < 4.78 is 0. The fourth-order valence-corrected chi connectivity index (χ4v) is 3.66. The second-order valence-electron chi connectivity index (χ2n) is 7.23. The summed E-state index contributed by atoms with van der Waals surface area (Å²) in [6, 6.07) is -5.40. The molecule has 13 nitrogen and oxygen atoms in total. The Hall–Kier alpha value is -2.87. The van der Waals surface area contributed by atoms with Crippen LogP contribution in [0.25, 0.3) is 0 Å². The first-order valence-corrected chi connectivity index (χ1v) is 11.2. The minimum Gasteiger partial charge on any atom is -0.481 e. The molecule has 0 saturated carbocycles. The summed E-state index contributed by atoms with van der Waals surface area (Å²) in [6.07, 6.45) is 0.972. The Bertz CT molecular complexity index is 748. The van der Waals surface area contributed by atoms with Crippen LogP contribution in [0.2, 0.25) is 0 Å². The molecule has 180 valence electrons. The summed E-state index contributed by atoms with van der Waals surface area (Å²) in [7, 11) is 0. The summed E-state index contributed by atoms with van der Waals surface area (Å²) >= 11 is 1.44. The first-order valence-electron chi connectivity index (χ1n) is 9.80. The maximum atomic E-state index is 12.8. The van der Waals surface area contributed by atoms with E-state index in [1.54, 1.807) is 6.26 Å². The Morgan fingerprint density at radius 3 is 2.09 bits per heavy atom. The van der Waals surface area contributed by atoms with Crippen molar-refractivity contribution >= 4 is 47.4 Å². The van der Waals surface area contributed by atoms with Gasteiger partial charge in [0.15, 0.2) is 0 Å². The van der Waals surface area contributed by atoms with Gasteiger partial charge in [-0.2, -0.15) is 11.8 Å². The summed E-state index contributed by atoms with van der Waals surface area (Å²) in [4.78, 5) is 72.4. The number of aliphatic carboxylic acids is 3. The predicted octanol–water partition coefficient (Wildman–Crippen LogP) is -1.94. The van der Waals surface area contributed by atoms with E-state index in [1.807, 2.05) is 0 Å². The van der Waals surface area contributed by atoms with Crippen molar-refractivity contribution in [2.24, 2.45) is 5.73 Å². The minimum absolute atomic E-state index is 0.0708. The van der Waals surface area contributed by atoms with Crippen molar-refractivity contribution in [2.75, 3.05) is 18.6 Å². The molecule has 1 rings (SSSR count). The summed E-state index contributed by atoms with van der Waals surface area (Å²) in [5.41, 5.74) is 5.73. The van der Waals surface area contributed by atoms with Crippen LogP contribution in [0.15, 0.2) is 0 Å². The number of nitrogens with zero attached hydrogens (tertiary/aromatic N) is 1. The van der Waals surface area contributed by atoms with Crippen molar-refractivity contribution in [2.45, 2.75) is 56.3 Å². The molecule has 1 heterocycles. The molecule has 1 aliphatic heterocycles. The van der Waals surface area contributed by atoms with E-state index in [0.29, 0.717) is 12.2 Å². The molecule has 32 heavy (non-hydrogen) atoms. The van der Waals surface area contributed by atoms with Gasteiger partial charge in [0.1, 0.15) is 18.1 Å². The van der Waals surface area contributed by atoms with Gasteiger partial charge < -0.3 is 36.6 Å². The van der Waals surface area contributed by atoms with E-state index in [4.69, 9.17) is 15.9 Å². The Morgan fingerprint density at radius 2 is 1.56 bits per heavy atom. The second kappa shape index (κ2) is 12.9. The number of carbonyl (C=O) groups is 6. The summed E-state index contributed by atoms with van der Waals surface area (Å²) in [5.74, 6) is -6.34. The van der Waals surface area contributed by atoms with E-state index in [-0.39, 0.29) is 19.4 Å². The van der Waals surface area contributed by atoms with Crippen LogP contribution in [0.3, 0.4) is 0 Å². The van der Waals surface area contributed by atoms with Gasteiger partial charge in [-0.25, -0.2) is 4.79 Å². The van der Waals surface area contributed by atoms with Crippen LogP contribution in [-0.2, 0) is 28.8 Å². The third-order valence-corrected chi connectivity index (χ3v) is 5.44. The first kappa shape index (κ1) is 27.2. The van der Waals surface area contributed by atoms with Crippen LogP contribution < -0.4 is 16.4 Å². The van der Waals surface area contributed by atoms with Gasteiger partial charge in [-0.1, -0.05) is 0 Å². The van der Waals surface area contributed by atoms with Crippen LogP contribution in [0.1, 0.15) is 32.1 Å². The van der Waals surface area contributed by atoms with E-state index in [1.165, 1.54) is 11.8 Å². The van der Waals surface area contributed by atoms with Gasteiger partial charge in [0.05, 0.1) is 18.9 Å². The van der Waals surface area contributed by atoms with Gasteiger partial charge >= 0.3 is 17.9 Å². The molecule has 0 radical (unpaired) electrons. The van der Waals surface area contributed by atoms with Gasteiger partial charge in [0.25, 0.3) is 0 Å². The van der Waals surface area contributed by atoms with Gasteiger partial charge in [0, 0.05) is 6.54 Å². The van der Waals surface area contributed by atoms with Crippen LogP contribution in [0.5, 0.6) is 0 Å². The fourth-order valence-electron chi connectivity index (χ4n) is 3.17. The van der Waals surface area contributed by atoms with E-state index in [9.17, 15) is 33.9 Å². The fraction of sp³-hybridized carbons (Fsp3) is 0.667. The lowest BCUT2D eigenvalue weighted by atomic mass is 10.1. The van der Waals surface area contributed by atoms with Crippen molar-refractivity contribution in [3.8, 4) is 0 Å². The van der Waals surface area contributed by atoms with Crippen LogP contribution in [0, 0.1) is 0 Å². The smallest absolute Gasteiger partial charge is 0.326 e. The Morgan fingerprint density at radius 1 is 1.00 bits per heavy atom. The first-order chi connectivity index (χ1) is 15.0. The highest BCUT2D eigenvalue weighted by molar-refractivity contribution is 7.98. The number of hydrogen-bond acceptors (Lipinski definition) is 8. The normalized spacial score (nSPS) is 18.3. The third-order valence-electron chi connectivity index (χ3n) is 4.80. The number of likely N-dealkylation sites (tertiary alicyclic amines) is 1. The maximum absolute atomic E-state index is 12.8. The average molecular weight is 477 g/mol. The number of thioether (sulfide) groups is 1. The topological polar surface area (TPSA) is 216 Å². The number of carbonyl (C=O) groups excluding carboxylic acids is 3. The predicted molar refractivity (Wildman–Crippen MR) is 112 cm³/mol. The number of amides is 3. The Labute approximate surface area is 188 Å². The average Bonchev–Trinajstić information content (AvgIpc) is 3.19. The van der Waals surface area contributed by atoms with Crippen molar-refractivity contribution in [3.05, 3.63) is 0 Å². The second-order valence-corrected chi connectivity index (χ2v) is 8.22. The highest BCUT2D eigenvalue weighted by Crippen LogP contribution is 2.19. The highest BCUT2D eigenvalue weighted by Gasteiger charge is 2.39. The SMILES string of the molecule is CSCCC(N)C(=O)NC(CC(=O)O)C(=O)NC(CC(=O)O)C(=O)N1CCCC1C(=O)O. The molecule has 0 aromatic rings. The van der Waals surface area contributed by atoms with Crippen LogP contribution in [0.4, 0.5) is 0 Å². The van der Waals surface area contributed by atoms with Crippen molar-refractivity contribution in [1.82, 2.24) is 15.5 Å². The molecule has 0 aromatic heterocycles. The van der Waals surface area contributed by atoms with Crippen molar-refractivity contribution in [3.63, 3.8) is 0 Å². The third kappa shape index (κ3) is 8.34. The molecular weight excluding hydrogens is 448 g/mol. The van der Waals surface area contributed by atoms with E-state index >= 15 is 0 Å². The Balaban J connectivity index is 2.98. The van der Waals surface area contributed by atoms with Crippen LogP contribution in [-0.4, -0.2) is 98.6 Å².